The first kappa shape index (κ1) is 13.0. The second-order valence-corrected chi connectivity index (χ2v) is 5.89. The number of nitrogens with zero attached hydrogens (tertiary/aromatic N) is 2. The molecule has 1 aliphatic heterocycles. The maximum atomic E-state index is 5.75. The molecule has 3 nitrogen and oxygen atoms in total. The quantitative estimate of drug-likeness (QED) is 0.896. The maximum absolute atomic E-state index is 5.75. The summed E-state index contributed by atoms with van der Waals surface area (Å²) in [6.07, 6.45) is 6.47. The van der Waals surface area contributed by atoms with Crippen LogP contribution in [0.25, 0.3) is 0 Å². The molecule has 17 heavy (non-hydrogen) atoms. The molecule has 0 saturated carbocycles. The lowest BCUT2D eigenvalue weighted by Gasteiger charge is -2.17. The van der Waals surface area contributed by atoms with Gasteiger partial charge in [-0.1, -0.05) is 19.8 Å². The minimum absolute atomic E-state index is 0.640. The molecule has 1 aromatic heterocycles. The number of hydrogen-bond donors (Lipinski definition) is 1. The molecule has 0 aromatic carbocycles. The van der Waals surface area contributed by atoms with Crippen molar-refractivity contribution in [2.45, 2.75) is 52.1 Å². The van der Waals surface area contributed by atoms with E-state index >= 15 is 0 Å². The molecule has 0 spiro atoms. The molecule has 2 heterocycles. The number of likely N-dealkylation sites (tertiary alicyclic amines) is 1. The van der Waals surface area contributed by atoms with Crippen LogP contribution in [0.4, 0.5) is 0 Å². The van der Waals surface area contributed by atoms with Crippen LogP contribution in [0.2, 0.25) is 0 Å². The maximum Gasteiger partial charge on any atom is 0.107 e. The van der Waals surface area contributed by atoms with E-state index in [1.807, 2.05) is 0 Å². The van der Waals surface area contributed by atoms with E-state index in [2.05, 4.69) is 11.8 Å². The Morgan fingerprint density at radius 1 is 1.24 bits per heavy atom. The smallest absolute Gasteiger partial charge is 0.107 e. The lowest BCUT2D eigenvalue weighted by atomic mass is 10.2. The standard InChI is InChI=1S/C13H23N3S/c1-2-11-12(9-14)17-13(15-11)10-16-7-5-3-4-6-8-16/h2-10,14H2,1H3. The van der Waals surface area contributed by atoms with Crippen LogP contribution in [0.3, 0.4) is 0 Å². The van der Waals surface area contributed by atoms with Crippen LogP contribution < -0.4 is 5.73 Å². The van der Waals surface area contributed by atoms with E-state index in [1.165, 1.54) is 54.4 Å². The van der Waals surface area contributed by atoms with Gasteiger partial charge in [0.15, 0.2) is 0 Å². The van der Waals surface area contributed by atoms with Gasteiger partial charge in [-0.15, -0.1) is 11.3 Å². The lowest BCUT2D eigenvalue weighted by Crippen LogP contribution is -2.23. The minimum Gasteiger partial charge on any atom is -0.326 e. The topological polar surface area (TPSA) is 42.2 Å². The van der Waals surface area contributed by atoms with Gasteiger partial charge in [-0.25, -0.2) is 4.98 Å². The van der Waals surface area contributed by atoms with Gasteiger partial charge in [0.1, 0.15) is 5.01 Å². The second-order valence-electron chi connectivity index (χ2n) is 4.73. The summed E-state index contributed by atoms with van der Waals surface area (Å²) in [5.41, 5.74) is 6.96. The van der Waals surface area contributed by atoms with Gasteiger partial charge in [0.2, 0.25) is 0 Å². The molecule has 1 saturated heterocycles. The van der Waals surface area contributed by atoms with Crippen LogP contribution in [-0.2, 0) is 19.5 Å². The Hall–Kier alpha value is -0.450. The molecule has 2 rings (SSSR count). The van der Waals surface area contributed by atoms with Crippen LogP contribution in [0.1, 0.15) is 48.2 Å². The van der Waals surface area contributed by atoms with Crippen molar-refractivity contribution in [2.75, 3.05) is 13.1 Å². The zero-order chi connectivity index (χ0) is 12.1. The highest BCUT2D eigenvalue weighted by atomic mass is 32.1. The minimum atomic E-state index is 0.640. The molecule has 0 amide bonds. The summed E-state index contributed by atoms with van der Waals surface area (Å²) in [4.78, 5) is 8.54. The van der Waals surface area contributed by atoms with Crippen molar-refractivity contribution >= 4 is 11.3 Å². The van der Waals surface area contributed by atoms with Crippen LogP contribution >= 0.6 is 11.3 Å². The molecule has 0 aliphatic carbocycles. The van der Waals surface area contributed by atoms with Crippen molar-refractivity contribution in [3.05, 3.63) is 15.6 Å². The van der Waals surface area contributed by atoms with E-state index in [4.69, 9.17) is 10.7 Å². The van der Waals surface area contributed by atoms with Gasteiger partial charge in [0.25, 0.3) is 0 Å². The third-order valence-corrected chi connectivity index (χ3v) is 4.51. The molecular weight excluding hydrogens is 230 g/mol. The number of aryl methyl sites for hydroxylation is 1. The molecule has 0 radical (unpaired) electrons. The lowest BCUT2D eigenvalue weighted by molar-refractivity contribution is 0.276. The Bertz CT molecular complexity index is 319. The number of aromatic nitrogens is 1. The van der Waals surface area contributed by atoms with Gasteiger partial charge in [-0.3, -0.25) is 4.90 Å². The molecule has 0 unspecified atom stereocenters. The third-order valence-electron chi connectivity index (χ3n) is 3.40. The van der Waals surface area contributed by atoms with Crippen LogP contribution in [0.5, 0.6) is 0 Å². The highest BCUT2D eigenvalue weighted by molar-refractivity contribution is 7.11. The van der Waals surface area contributed by atoms with E-state index in [9.17, 15) is 0 Å². The zero-order valence-electron chi connectivity index (χ0n) is 10.7. The van der Waals surface area contributed by atoms with E-state index in [0.717, 1.165) is 13.0 Å². The van der Waals surface area contributed by atoms with E-state index in [-0.39, 0.29) is 0 Å². The Kier molecular flexibility index (Phi) is 4.95. The fraction of sp³-hybridized carbons (Fsp3) is 0.769. The summed E-state index contributed by atoms with van der Waals surface area (Å²) in [6, 6.07) is 0. The van der Waals surface area contributed by atoms with Gasteiger partial charge in [-0.2, -0.15) is 0 Å². The molecule has 2 N–H and O–H groups in total. The normalized spacial score (nSPS) is 18.2. The van der Waals surface area contributed by atoms with Crippen molar-refractivity contribution < 1.29 is 0 Å². The van der Waals surface area contributed by atoms with Crippen molar-refractivity contribution in [3.8, 4) is 0 Å². The molecular formula is C13H23N3S. The Labute approximate surface area is 108 Å². The van der Waals surface area contributed by atoms with Crippen molar-refractivity contribution in [2.24, 2.45) is 5.73 Å². The number of thiazole rings is 1. The van der Waals surface area contributed by atoms with Gasteiger partial charge < -0.3 is 5.73 Å². The van der Waals surface area contributed by atoms with Gasteiger partial charge in [0.05, 0.1) is 12.2 Å². The van der Waals surface area contributed by atoms with E-state index in [1.54, 1.807) is 11.3 Å². The fourth-order valence-electron chi connectivity index (χ4n) is 2.43. The summed E-state index contributed by atoms with van der Waals surface area (Å²) in [6.45, 7) is 6.29. The SMILES string of the molecule is CCc1nc(CN2CCCCCC2)sc1CN. The molecule has 0 atom stereocenters. The predicted octanol–water partition coefficient (Wildman–Crippen LogP) is 2.54. The summed E-state index contributed by atoms with van der Waals surface area (Å²) in [5.74, 6) is 0. The van der Waals surface area contributed by atoms with E-state index in [0.29, 0.717) is 6.54 Å². The van der Waals surface area contributed by atoms with E-state index < -0.39 is 0 Å². The molecule has 1 fully saturated rings. The van der Waals surface area contributed by atoms with Crippen molar-refractivity contribution in [1.29, 1.82) is 0 Å². The zero-order valence-corrected chi connectivity index (χ0v) is 11.6. The number of rotatable bonds is 4. The number of hydrogen-bond acceptors (Lipinski definition) is 4. The predicted molar refractivity (Wildman–Crippen MR) is 73.1 cm³/mol. The Morgan fingerprint density at radius 2 is 1.94 bits per heavy atom. The summed E-state index contributed by atoms with van der Waals surface area (Å²) < 4.78 is 0. The highest BCUT2D eigenvalue weighted by Gasteiger charge is 2.13. The van der Waals surface area contributed by atoms with Crippen LogP contribution in [0, 0.1) is 0 Å². The van der Waals surface area contributed by atoms with Crippen LogP contribution in [0.15, 0.2) is 0 Å². The van der Waals surface area contributed by atoms with Gasteiger partial charge >= 0.3 is 0 Å². The number of nitrogens with two attached hydrogens (primary N) is 1. The van der Waals surface area contributed by atoms with Gasteiger partial charge in [-0.05, 0) is 32.4 Å². The molecule has 0 bridgehead atoms. The van der Waals surface area contributed by atoms with Crippen molar-refractivity contribution in [3.63, 3.8) is 0 Å². The first-order valence-corrected chi connectivity index (χ1v) is 7.55. The summed E-state index contributed by atoms with van der Waals surface area (Å²) >= 11 is 1.81. The molecule has 4 heteroatoms. The first-order chi connectivity index (χ1) is 8.33. The average molecular weight is 253 g/mol. The third kappa shape index (κ3) is 3.50. The monoisotopic (exact) mass is 253 g/mol. The average Bonchev–Trinajstić information content (AvgIpc) is 2.56. The first-order valence-electron chi connectivity index (χ1n) is 6.73. The Morgan fingerprint density at radius 3 is 2.47 bits per heavy atom. The molecule has 1 aromatic rings. The molecule has 1 aliphatic rings. The summed E-state index contributed by atoms with van der Waals surface area (Å²) in [5, 5.41) is 1.25. The molecule has 96 valence electrons. The van der Waals surface area contributed by atoms with Gasteiger partial charge in [0, 0.05) is 11.4 Å². The highest BCUT2D eigenvalue weighted by Crippen LogP contribution is 2.21. The fourth-order valence-corrected chi connectivity index (χ4v) is 3.50. The van der Waals surface area contributed by atoms with Crippen LogP contribution in [-0.4, -0.2) is 23.0 Å². The van der Waals surface area contributed by atoms with Crippen molar-refractivity contribution in [1.82, 2.24) is 9.88 Å². The Balaban J connectivity index is 1.99. The summed E-state index contributed by atoms with van der Waals surface area (Å²) in [7, 11) is 0. The second kappa shape index (κ2) is 6.47. The largest absolute Gasteiger partial charge is 0.326 e.